The summed E-state index contributed by atoms with van der Waals surface area (Å²) in [5.74, 6) is 0.991. The number of hydrogen-bond donors (Lipinski definition) is 2. The van der Waals surface area contributed by atoms with Crippen molar-refractivity contribution in [2.45, 2.75) is 12.8 Å². The topological polar surface area (TPSA) is 82.2 Å². The minimum absolute atomic E-state index is 0.395. The van der Waals surface area contributed by atoms with Gasteiger partial charge >= 0.3 is 0 Å². The van der Waals surface area contributed by atoms with Crippen LogP contribution in [0.5, 0.6) is 11.5 Å². The van der Waals surface area contributed by atoms with Gasteiger partial charge in [-0.3, -0.25) is 4.79 Å². The molecule has 3 aromatic rings. The van der Waals surface area contributed by atoms with Crippen LogP contribution in [0, 0.1) is 0 Å². The van der Waals surface area contributed by atoms with Gasteiger partial charge in [-0.1, -0.05) is 18.2 Å². The van der Waals surface area contributed by atoms with Crippen molar-refractivity contribution in [3.63, 3.8) is 0 Å². The average Bonchev–Trinajstić information content (AvgIpc) is 3.03. The van der Waals surface area contributed by atoms with Crippen molar-refractivity contribution < 1.29 is 9.53 Å². The molecule has 1 aliphatic heterocycles. The highest BCUT2D eigenvalue weighted by Gasteiger charge is 2.24. The van der Waals surface area contributed by atoms with E-state index in [1.54, 1.807) is 4.68 Å². The monoisotopic (exact) mass is 334 g/mol. The summed E-state index contributed by atoms with van der Waals surface area (Å²) < 4.78 is 7.40. The lowest BCUT2D eigenvalue weighted by Crippen LogP contribution is -2.20. The molecule has 6 nitrogen and oxygen atoms in total. The lowest BCUT2D eigenvalue weighted by molar-refractivity contribution is 0.0993. The van der Waals surface area contributed by atoms with Crippen LogP contribution < -0.4 is 15.8 Å². The Bertz CT molecular complexity index is 901. The summed E-state index contributed by atoms with van der Waals surface area (Å²) in [5, 5.41) is 7.81. The summed E-state index contributed by atoms with van der Waals surface area (Å²) in [6.45, 7) is 0.822. The lowest BCUT2D eigenvalue weighted by Gasteiger charge is -2.12. The van der Waals surface area contributed by atoms with Crippen molar-refractivity contribution in [2.24, 2.45) is 5.73 Å². The van der Waals surface area contributed by atoms with E-state index in [2.05, 4.69) is 10.4 Å². The maximum Gasteiger partial charge on any atom is 0.269 e. The fourth-order valence-corrected chi connectivity index (χ4v) is 2.99. The number of hydrogen-bond acceptors (Lipinski definition) is 4. The molecule has 0 radical (unpaired) electrons. The van der Waals surface area contributed by atoms with Crippen molar-refractivity contribution in [3.8, 4) is 17.2 Å². The van der Waals surface area contributed by atoms with Crippen molar-refractivity contribution in [3.05, 3.63) is 66.0 Å². The van der Waals surface area contributed by atoms with E-state index >= 15 is 0 Å². The van der Waals surface area contributed by atoms with Crippen molar-refractivity contribution >= 4 is 11.6 Å². The SMILES string of the molecule is NC(=O)c1c2c(nn1-c1ccc(Oc3ccccc3)cc1)CCCN2. The van der Waals surface area contributed by atoms with Crippen LogP contribution in [0.3, 0.4) is 0 Å². The number of rotatable bonds is 4. The first-order valence-corrected chi connectivity index (χ1v) is 8.21. The Morgan fingerprint density at radius 3 is 2.52 bits per heavy atom. The number of para-hydroxylation sites is 1. The van der Waals surface area contributed by atoms with Gasteiger partial charge < -0.3 is 15.8 Å². The van der Waals surface area contributed by atoms with Gasteiger partial charge in [0.15, 0.2) is 5.69 Å². The highest BCUT2D eigenvalue weighted by atomic mass is 16.5. The summed E-state index contributed by atoms with van der Waals surface area (Å²) in [6, 6.07) is 17.0. The van der Waals surface area contributed by atoms with E-state index in [-0.39, 0.29) is 0 Å². The number of anilines is 1. The van der Waals surface area contributed by atoms with Gasteiger partial charge in [0.05, 0.1) is 17.1 Å². The zero-order chi connectivity index (χ0) is 17.2. The third kappa shape index (κ3) is 2.94. The van der Waals surface area contributed by atoms with E-state index in [0.29, 0.717) is 11.4 Å². The third-order valence-electron chi connectivity index (χ3n) is 4.14. The zero-order valence-electron chi connectivity index (χ0n) is 13.6. The molecule has 1 aromatic heterocycles. The second kappa shape index (κ2) is 6.32. The first kappa shape index (κ1) is 15.3. The molecule has 1 amide bonds. The molecule has 0 saturated heterocycles. The number of benzene rings is 2. The number of amides is 1. The fourth-order valence-electron chi connectivity index (χ4n) is 2.99. The van der Waals surface area contributed by atoms with Crippen LogP contribution >= 0.6 is 0 Å². The van der Waals surface area contributed by atoms with Gasteiger partial charge in [0.1, 0.15) is 11.5 Å². The van der Waals surface area contributed by atoms with Crippen molar-refractivity contribution in [2.75, 3.05) is 11.9 Å². The predicted octanol–water partition coefficient (Wildman–Crippen LogP) is 3.12. The van der Waals surface area contributed by atoms with Gasteiger partial charge in [0, 0.05) is 6.54 Å². The molecular weight excluding hydrogens is 316 g/mol. The Morgan fingerprint density at radius 1 is 1.08 bits per heavy atom. The number of carbonyl (C=O) groups excluding carboxylic acids is 1. The summed E-state index contributed by atoms with van der Waals surface area (Å²) in [7, 11) is 0. The highest BCUT2D eigenvalue weighted by molar-refractivity contribution is 5.98. The van der Waals surface area contributed by atoms with E-state index in [9.17, 15) is 4.79 Å². The summed E-state index contributed by atoms with van der Waals surface area (Å²) in [6.07, 6.45) is 1.83. The van der Waals surface area contributed by atoms with Gasteiger partial charge in [-0.15, -0.1) is 0 Å². The Labute approximate surface area is 145 Å². The van der Waals surface area contributed by atoms with Crippen molar-refractivity contribution in [1.82, 2.24) is 9.78 Å². The smallest absolute Gasteiger partial charge is 0.269 e. The first-order chi connectivity index (χ1) is 12.2. The van der Waals surface area contributed by atoms with E-state index in [4.69, 9.17) is 10.5 Å². The Kier molecular flexibility index (Phi) is 3.85. The number of primary amides is 1. The fraction of sp³-hybridized carbons (Fsp3) is 0.158. The van der Waals surface area contributed by atoms with Crippen LogP contribution in [0.4, 0.5) is 5.69 Å². The normalized spacial score (nSPS) is 13.0. The summed E-state index contributed by atoms with van der Waals surface area (Å²) >= 11 is 0. The quantitative estimate of drug-likeness (QED) is 0.768. The molecule has 2 aromatic carbocycles. The van der Waals surface area contributed by atoms with E-state index in [1.165, 1.54) is 0 Å². The highest BCUT2D eigenvalue weighted by Crippen LogP contribution is 2.29. The molecule has 4 rings (SSSR count). The maximum absolute atomic E-state index is 11.9. The van der Waals surface area contributed by atoms with Crippen LogP contribution in [0.25, 0.3) is 5.69 Å². The van der Waals surface area contributed by atoms with Gasteiger partial charge in [0.2, 0.25) is 0 Å². The number of fused-ring (bicyclic) bond motifs is 1. The van der Waals surface area contributed by atoms with E-state index in [1.807, 2.05) is 54.6 Å². The average molecular weight is 334 g/mol. The Morgan fingerprint density at radius 2 is 1.80 bits per heavy atom. The van der Waals surface area contributed by atoms with Crippen LogP contribution in [-0.4, -0.2) is 22.2 Å². The molecule has 0 spiro atoms. The van der Waals surface area contributed by atoms with Gasteiger partial charge in [0.25, 0.3) is 5.91 Å². The molecule has 0 bridgehead atoms. The van der Waals surface area contributed by atoms with Gasteiger partial charge in [-0.2, -0.15) is 5.10 Å². The number of nitrogens with one attached hydrogen (secondary N) is 1. The minimum Gasteiger partial charge on any atom is -0.457 e. The third-order valence-corrected chi connectivity index (χ3v) is 4.14. The molecule has 6 heteroatoms. The molecule has 126 valence electrons. The standard InChI is InChI=1S/C19H18N4O2/c20-19(24)18-17-16(7-4-12-21-17)22-23(18)13-8-10-15(11-9-13)25-14-5-2-1-3-6-14/h1-3,5-6,8-11,21H,4,7,12H2,(H2,20,24). The largest absolute Gasteiger partial charge is 0.457 e. The Balaban J connectivity index is 1.66. The number of aryl methyl sites for hydroxylation is 1. The van der Waals surface area contributed by atoms with Crippen LogP contribution in [0.2, 0.25) is 0 Å². The molecule has 0 unspecified atom stereocenters. The Hall–Kier alpha value is -3.28. The molecule has 0 aliphatic carbocycles. The molecule has 0 saturated carbocycles. The van der Waals surface area contributed by atoms with Gasteiger partial charge in [-0.25, -0.2) is 4.68 Å². The van der Waals surface area contributed by atoms with E-state index in [0.717, 1.165) is 42.2 Å². The maximum atomic E-state index is 11.9. The molecule has 2 heterocycles. The van der Waals surface area contributed by atoms with Crippen molar-refractivity contribution in [1.29, 1.82) is 0 Å². The molecule has 1 aliphatic rings. The number of nitrogens with two attached hydrogens (primary N) is 1. The minimum atomic E-state index is -0.493. The first-order valence-electron chi connectivity index (χ1n) is 8.21. The second-order valence-corrected chi connectivity index (χ2v) is 5.89. The summed E-state index contributed by atoms with van der Waals surface area (Å²) in [5.41, 5.74) is 8.38. The molecule has 25 heavy (non-hydrogen) atoms. The number of ether oxygens (including phenoxy) is 1. The van der Waals surface area contributed by atoms with Crippen LogP contribution in [-0.2, 0) is 6.42 Å². The van der Waals surface area contributed by atoms with E-state index < -0.39 is 5.91 Å². The van der Waals surface area contributed by atoms with Gasteiger partial charge in [-0.05, 0) is 49.2 Å². The second-order valence-electron chi connectivity index (χ2n) is 5.89. The predicted molar refractivity (Wildman–Crippen MR) is 95.4 cm³/mol. The number of nitrogens with zero attached hydrogens (tertiary/aromatic N) is 2. The molecular formula is C19H18N4O2. The lowest BCUT2D eigenvalue weighted by atomic mass is 10.1. The zero-order valence-corrected chi connectivity index (χ0v) is 13.6. The summed E-state index contributed by atoms with van der Waals surface area (Å²) in [4.78, 5) is 11.9. The molecule has 0 atom stereocenters. The van der Waals surface area contributed by atoms with Crippen LogP contribution in [0.15, 0.2) is 54.6 Å². The number of carbonyl (C=O) groups is 1. The van der Waals surface area contributed by atoms with Crippen LogP contribution in [0.1, 0.15) is 22.6 Å². The molecule has 3 N–H and O–H groups in total. The molecule has 0 fully saturated rings. The number of aromatic nitrogens is 2.